The highest BCUT2D eigenvalue weighted by Gasteiger charge is 2.15. The van der Waals surface area contributed by atoms with Crippen molar-refractivity contribution in [2.24, 2.45) is 0 Å². The van der Waals surface area contributed by atoms with Gasteiger partial charge in [-0.05, 0) is 106 Å². The van der Waals surface area contributed by atoms with Crippen LogP contribution < -0.4 is 24.8 Å². The first kappa shape index (κ1) is 27.8. The minimum Gasteiger partial charge on any atom is -0.497 e. The molecule has 38 heavy (non-hydrogen) atoms. The van der Waals surface area contributed by atoms with Crippen LogP contribution in [-0.4, -0.2) is 33.2 Å². The number of benzene rings is 4. The SMILES string of the molecule is COc1ccc(NS(=O)(=O)c2ccc(NC(=S)NC(=O)COc3ccc4cc(Br)ccc4c3Br)cc2)cc1. The molecular weight excluding hydrogens is 658 g/mol. The van der Waals surface area contributed by atoms with Gasteiger partial charge < -0.3 is 14.8 Å². The second-order valence-electron chi connectivity index (χ2n) is 7.89. The Morgan fingerprint density at radius 2 is 1.61 bits per heavy atom. The summed E-state index contributed by atoms with van der Waals surface area (Å²) in [5, 5.41) is 7.42. The molecule has 0 heterocycles. The fraction of sp³-hybridized carbons (Fsp3) is 0.0769. The number of thiocarbonyl (C=S) groups is 1. The highest BCUT2D eigenvalue weighted by molar-refractivity contribution is 9.11. The zero-order valence-electron chi connectivity index (χ0n) is 19.8. The lowest BCUT2D eigenvalue weighted by molar-refractivity contribution is -0.121. The van der Waals surface area contributed by atoms with E-state index in [1.807, 2.05) is 24.3 Å². The average molecular weight is 679 g/mol. The fourth-order valence-electron chi connectivity index (χ4n) is 3.41. The number of amides is 1. The third-order valence-corrected chi connectivity index (χ3v) is 8.17. The fourth-order valence-corrected chi connectivity index (χ4v) is 5.69. The van der Waals surface area contributed by atoms with Crippen molar-refractivity contribution in [3.8, 4) is 11.5 Å². The van der Waals surface area contributed by atoms with Crippen LogP contribution in [0.15, 0.2) is 92.7 Å². The highest BCUT2D eigenvalue weighted by Crippen LogP contribution is 2.34. The van der Waals surface area contributed by atoms with Crippen LogP contribution in [0, 0.1) is 0 Å². The number of carbonyl (C=O) groups is 1. The molecule has 196 valence electrons. The van der Waals surface area contributed by atoms with Crippen molar-refractivity contribution in [2.45, 2.75) is 4.90 Å². The van der Waals surface area contributed by atoms with E-state index in [-0.39, 0.29) is 16.6 Å². The summed E-state index contributed by atoms with van der Waals surface area (Å²) in [6.07, 6.45) is 0. The van der Waals surface area contributed by atoms with Gasteiger partial charge in [0.25, 0.3) is 15.9 Å². The lowest BCUT2D eigenvalue weighted by Gasteiger charge is -2.13. The van der Waals surface area contributed by atoms with Gasteiger partial charge in [0.2, 0.25) is 0 Å². The summed E-state index contributed by atoms with van der Waals surface area (Å²) in [7, 11) is -2.26. The summed E-state index contributed by atoms with van der Waals surface area (Å²) < 4.78 is 40.3. The van der Waals surface area contributed by atoms with Crippen molar-refractivity contribution in [1.29, 1.82) is 0 Å². The summed E-state index contributed by atoms with van der Waals surface area (Å²) in [6.45, 7) is -0.253. The van der Waals surface area contributed by atoms with Gasteiger partial charge >= 0.3 is 0 Å². The summed E-state index contributed by atoms with van der Waals surface area (Å²) >= 11 is 12.2. The van der Waals surface area contributed by atoms with E-state index in [4.69, 9.17) is 21.7 Å². The van der Waals surface area contributed by atoms with Crippen molar-refractivity contribution in [1.82, 2.24) is 5.32 Å². The van der Waals surface area contributed by atoms with E-state index < -0.39 is 15.9 Å². The molecule has 12 heteroatoms. The van der Waals surface area contributed by atoms with Crippen molar-refractivity contribution in [3.05, 3.63) is 87.8 Å². The molecule has 0 spiro atoms. The second kappa shape index (κ2) is 12.1. The molecule has 0 aliphatic rings. The lowest BCUT2D eigenvalue weighted by Crippen LogP contribution is -2.37. The molecule has 0 aliphatic carbocycles. The number of fused-ring (bicyclic) bond motifs is 1. The van der Waals surface area contributed by atoms with Crippen LogP contribution in [0.4, 0.5) is 11.4 Å². The molecular formula is C26H21Br2N3O5S2. The Kier molecular flexibility index (Phi) is 8.87. The molecule has 0 saturated heterocycles. The van der Waals surface area contributed by atoms with E-state index in [0.717, 1.165) is 19.7 Å². The van der Waals surface area contributed by atoms with E-state index >= 15 is 0 Å². The second-order valence-corrected chi connectivity index (χ2v) is 11.7. The van der Waals surface area contributed by atoms with Gasteiger partial charge in [-0.2, -0.15) is 0 Å². The number of hydrogen-bond acceptors (Lipinski definition) is 6. The lowest BCUT2D eigenvalue weighted by atomic mass is 10.1. The van der Waals surface area contributed by atoms with Crippen LogP contribution >= 0.6 is 44.1 Å². The van der Waals surface area contributed by atoms with Crippen LogP contribution in [0.3, 0.4) is 0 Å². The van der Waals surface area contributed by atoms with Crippen LogP contribution in [0.1, 0.15) is 0 Å². The van der Waals surface area contributed by atoms with Gasteiger partial charge in [-0.1, -0.05) is 28.1 Å². The van der Waals surface area contributed by atoms with Crippen molar-refractivity contribution in [2.75, 3.05) is 23.8 Å². The van der Waals surface area contributed by atoms with E-state index in [2.05, 4.69) is 47.2 Å². The summed E-state index contributed by atoms with van der Waals surface area (Å²) in [6, 6.07) is 22.0. The number of anilines is 2. The van der Waals surface area contributed by atoms with Gasteiger partial charge in [0, 0.05) is 15.8 Å². The van der Waals surface area contributed by atoms with Crippen molar-refractivity contribution >= 4 is 87.3 Å². The Morgan fingerprint density at radius 3 is 2.29 bits per heavy atom. The van der Waals surface area contributed by atoms with Crippen LogP contribution in [0.5, 0.6) is 11.5 Å². The van der Waals surface area contributed by atoms with Gasteiger partial charge in [0.1, 0.15) is 11.5 Å². The number of rotatable bonds is 8. The monoisotopic (exact) mass is 677 g/mol. The standard InChI is InChI=1S/C26H21Br2N3O5S2/c1-35-20-8-4-19(5-9-20)31-38(33,34)21-10-6-18(7-11-21)29-26(37)30-24(32)15-36-23-13-2-16-14-17(27)3-12-22(16)25(23)28/h2-14,31H,15H2,1H3,(H2,29,30,32,37). The zero-order chi connectivity index (χ0) is 27.3. The zero-order valence-corrected chi connectivity index (χ0v) is 24.6. The number of hydrogen-bond donors (Lipinski definition) is 3. The topological polar surface area (TPSA) is 106 Å². The van der Waals surface area contributed by atoms with Gasteiger partial charge in [0.15, 0.2) is 11.7 Å². The first-order chi connectivity index (χ1) is 18.1. The molecule has 0 aromatic heterocycles. The van der Waals surface area contributed by atoms with Crippen molar-refractivity contribution < 1.29 is 22.7 Å². The Hall–Kier alpha value is -3.19. The maximum Gasteiger partial charge on any atom is 0.264 e. The number of carbonyl (C=O) groups excluding carboxylic acids is 1. The van der Waals surface area contributed by atoms with Gasteiger partial charge in [-0.3, -0.25) is 14.8 Å². The first-order valence-corrected chi connectivity index (χ1v) is 14.5. The molecule has 0 unspecified atom stereocenters. The Bertz CT molecular complexity index is 1600. The molecule has 0 fully saturated rings. The molecule has 1 amide bonds. The quantitative estimate of drug-likeness (QED) is 0.195. The number of sulfonamides is 1. The Morgan fingerprint density at radius 1 is 0.921 bits per heavy atom. The predicted molar refractivity (Wildman–Crippen MR) is 159 cm³/mol. The summed E-state index contributed by atoms with van der Waals surface area (Å²) in [5.74, 6) is 0.690. The predicted octanol–water partition coefficient (Wildman–Crippen LogP) is 6.07. The normalized spacial score (nSPS) is 11.0. The molecule has 0 bridgehead atoms. The number of methoxy groups -OCH3 is 1. The highest BCUT2D eigenvalue weighted by atomic mass is 79.9. The molecule has 0 aliphatic heterocycles. The molecule has 0 saturated carbocycles. The van der Waals surface area contributed by atoms with E-state index in [0.29, 0.717) is 22.9 Å². The van der Waals surface area contributed by atoms with E-state index in [9.17, 15) is 13.2 Å². The van der Waals surface area contributed by atoms with Gasteiger partial charge in [-0.15, -0.1) is 0 Å². The molecule has 0 atom stereocenters. The summed E-state index contributed by atoms with van der Waals surface area (Å²) in [5.41, 5.74) is 0.908. The van der Waals surface area contributed by atoms with Gasteiger partial charge in [-0.25, -0.2) is 8.42 Å². The third-order valence-electron chi connectivity index (χ3n) is 5.26. The maximum absolute atomic E-state index is 12.7. The molecule has 8 nitrogen and oxygen atoms in total. The minimum absolute atomic E-state index is 0.0491. The molecule has 3 N–H and O–H groups in total. The third kappa shape index (κ3) is 7.01. The van der Waals surface area contributed by atoms with Crippen molar-refractivity contribution in [3.63, 3.8) is 0 Å². The maximum atomic E-state index is 12.7. The smallest absolute Gasteiger partial charge is 0.264 e. The van der Waals surface area contributed by atoms with Crippen LogP contribution in [0.2, 0.25) is 0 Å². The summed E-state index contributed by atoms with van der Waals surface area (Å²) in [4.78, 5) is 12.4. The molecule has 4 rings (SSSR count). The average Bonchev–Trinajstić information content (AvgIpc) is 2.88. The van der Waals surface area contributed by atoms with Crippen LogP contribution in [-0.2, 0) is 14.8 Å². The van der Waals surface area contributed by atoms with Crippen LogP contribution in [0.25, 0.3) is 10.8 Å². The molecule has 0 radical (unpaired) electrons. The molecule has 4 aromatic carbocycles. The Labute approximate surface area is 242 Å². The van der Waals surface area contributed by atoms with E-state index in [1.54, 1.807) is 42.5 Å². The largest absolute Gasteiger partial charge is 0.497 e. The number of nitrogens with one attached hydrogen (secondary N) is 3. The minimum atomic E-state index is -3.79. The van der Waals surface area contributed by atoms with Gasteiger partial charge in [0.05, 0.1) is 16.5 Å². The molecule has 4 aromatic rings. The number of halogens is 2. The number of ether oxygens (including phenoxy) is 2. The van der Waals surface area contributed by atoms with E-state index in [1.165, 1.54) is 19.2 Å². The Balaban J connectivity index is 1.30. The first-order valence-electron chi connectivity index (χ1n) is 11.0.